The molecule has 0 atom stereocenters. The summed E-state index contributed by atoms with van der Waals surface area (Å²) in [4.78, 5) is 23.1. The number of amides is 1. The fraction of sp³-hybridized carbons (Fsp3) is 0.421. The molecule has 1 aliphatic rings. The Bertz CT molecular complexity index is 796. The van der Waals surface area contributed by atoms with Gasteiger partial charge in [0, 0.05) is 38.4 Å². The quantitative estimate of drug-likeness (QED) is 0.700. The third-order valence-electron chi connectivity index (χ3n) is 4.36. The minimum absolute atomic E-state index is 0.236. The summed E-state index contributed by atoms with van der Waals surface area (Å²) in [5.74, 6) is 1.34. The second-order valence-electron chi connectivity index (χ2n) is 6.17. The Morgan fingerprint density at radius 1 is 1.21 bits per heavy atom. The van der Waals surface area contributed by atoms with Crippen LogP contribution in [0.2, 0.25) is 0 Å². The number of rotatable bonds is 8. The molecule has 0 bridgehead atoms. The number of morpholine rings is 1. The van der Waals surface area contributed by atoms with E-state index >= 15 is 0 Å². The van der Waals surface area contributed by atoms with Gasteiger partial charge in [0.1, 0.15) is 17.2 Å². The maximum Gasteiger partial charge on any atom is 0.270 e. The van der Waals surface area contributed by atoms with Crippen LogP contribution in [-0.4, -0.2) is 74.4 Å². The zero-order valence-corrected chi connectivity index (χ0v) is 16.1. The molecule has 1 aliphatic heterocycles. The summed E-state index contributed by atoms with van der Waals surface area (Å²) in [6.45, 7) is 4.60. The van der Waals surface area contributed by atoms with E-state index in [2.05, 4.69) is 25.5 Å². The fourth-order valence-corrected chi connectivity index (χ4v) is 2.81. The van der Waals surface area contributed by atoms with Gasteiger partial charge in [0.25, 0.3) is 5.91 Å². The second-order valence-corrected chi connectivity index (χ2v) is 6.17. The van der Waals surface area contributed by atoms with Crippen molar-refractivity contribution < 1.29 is 19.0 Å². The van der Waals surface area contributed by atoms with Crippen LogP contribution in [-0.2, 0) is 4.74 Å². The maximum absolute atomic E-state index is 12.4. The Labute approximate surface area is 164 Å². The highest BCUT2D eigenvalue weighted by atomic mass is 16.5. The number of anilines is 2. The lowest BCUT2D eigenvalue weighted by Crippen LogP contribution is -2.41. The number of hydrogen-bond acceptors (Lipinski definition) is 8. The monoisotopic (exact) mass is 387 g/mol. The summed E-state index contributed by atoms with van der Waals surface area (Å²) in [6.07, 6.45) is 1.54. The van der Waals surface area contributed by atoms with Crippen molar-refractivity contribution in [1.29, 1.82) is 0 Å². The third-order valence-corrected chi connectivity index (χ3v) is 4.36. The number of carbonyl (C=O) groups is 1. The van der Waals surface area contributed by atoms with Crippen LogP contribution < -0.4 is 20.1 Å². The second kappa shape index (κ2) is 9.86. The van der Waals surface area contributed by atoms with Crippen LogP contribution in [0.25, 0.3) is 0 Å². The molecule has 0 unspecified atom stereocenters. The number of aromatic nitrogens is 2. The van der Waals surface area contributed by atoms with E-state index in [4.69, 9.17) is 14.2 Å². The van der Waals surface area contributed by atoms with Gasteiger partial charge >= 0.3 is 0 Å². The number of nitrogens with one attached hydrogen (secondary N) is 2. The first-order chi connectivity index (χ1) is 13.7. The standard InChI is InChI=1S/C19H25N5O4/c1-26-14-3-4-15(17(13-14)27-2)22-19-21-6-5-16(23-19)18(25)20-7-8-24-9-11-28-12-10-24/h3-6,13H,7-12H2,1-2H3,(H,20,25)(H,21,22,23). The molecule has 2 N–H and O–H groups in total. The lowest BCUT2D eigenvalue weighted by Gasteiger charge is -2.26. The first kappa shape index (κ1) is 19.8. The summed E-state index contributed by atoms with van der Waals surface area (Å²) < 4.78 is 15.9. The zero-order valence-electron chi connectivity index (χ0n) is 16.1. The SMILES string of the molecule is COc1ccc(Nc2nccc(C(=O)NCCN3CCOCC3)n2)c(OC)c1. The first-order valence-corrected chi connectivity index (χ1v) is 9.10. The molecule has 3 rings (SSSR count). The van der Waals surface area contributed by atoms with E-state index in [0.717, 1.165) is 32.8 Å². The Balaban J connectivity index is 1.59. The zero-order chi connectivity index (χ0) is 19.8. The molecule has 150 valence electrons. The smallest absolute Gasteiger partial charge is 0.270 e. The molecule has 1 aromatic heterocycles. The topological polar surface area (TPSA) is 97.8 Å². The summed E-state index contributed by atoms with van der Waals surface area (Å²) >= 11 is 0. The van der Waals surface area contributed by atoms with E-state index in [1.54, 1.807) is 44.7 Å². The van der Waals surface area contributed by atoms with Crippen LogP contribution in [0.1, 0.15) is 10.5 Å². The molecular weight excluding hydrogens is 362 g/mol. The van der Waals surface area contributed by atoms with Gasteiger partial charge in [-0.3, -0.25) is 9.69 Å². The minimum atomic E-state index is -0.236. The lowest BCUT2D eigenvalue weighted by atomic mass is 10.2. The Morgan fingerprint density at radius 3 is 2.79 bits per heavy atom. The highest BCUT2D eigenvalue weighted by molar-refractivity contribution is 5.92. The Morgan fingerprint density at radius 2 is 2.04 bits per heavy atom. The molecule has 2 aromatic rings. The molecule has 1 fully saturated rings. The van der Waals surface area contributed by atoms with E-state index in [0.29, 0.717) is 35.4 Å². The largest absolute Gasteiger partial charge is 0.497 e. The van der Waals surface area contributed by atoms with E-state index in [1.165, 1.54) is 0 Å². The van der Waals surface area contributed by atoms with E-state index in [1.807, 2.05) is 0 Å². The molecule has 0 saturated carbocycles. The summed E-state index contributed by atoms with van der Waals surface area (Å²) in [5.41, 5.74) is 0.972. The summed E-state index contributed by atoms with van der Waals surface area (Å²) in [6, 6.07) is 6.94. The molecule has 0 spiro atoms. The first-order valence-electron chi connectivity index (χ1n) is 9.10. The van der Waals surface area contributed by atoms with Crippen LogP contribution in [0.5, 0.6) is 11.5 Å². The van der Waals surface area contributed by atoms with Crippen molar-refractivity contribution in [2.75, 3.05) is 58.9 Å². The van der Waals surface area contributed by atoms with E-state index in [9.17, 15) is 4.79 Å². The normalized spacial score (nSPS) is 14.4. The van der Waals surface area contributed by atoms with Gasteiger partial charge in [-0.1, -0.05) is 0 Å². The molecule has 1 amide bonds. The van der Waals surface area contributed by atoms with Crippen LogP contribution in [0.4, 0.5) is 11.6 Å². The average molecular weight is 387 g/mol. The highest BCUT2D eigenvalue weighted by Crippen LogP contribution is 2.30. The van der Waals surface area contributed by atoms with Gasteiger partial charge in [-0.15, -0.1) is 0 Å². The number of ether oxygens (including phenoxy) is 3. The minimum Gasteiger partial charge on any atom is -0.497 e. The molecule has 28 heavy (non-hydrogen) atoms. The molecule has 2 heterocycles. The number of hydrogen-bond donors (Lipinski definition) is 2. The van der Waals surface area contributed by atoms with E-state index < -0.39 is 0 Å². The molecule has 1 aromatic carbocycles. The van der Waals surface area contributed by atoms with Gasteiger partial charge in [-0.25, -0.2) is 9.97 Å². The molecular formula is C19H25N5O4. The molecule has 9 nitrogen and oxygen atoms in total. The number of carbonyl (C=O) groups excluding carboxylic acids is 1. The van der Waals surface area contributed by atoms with Crippen molar-refractivity contribution in [2.24, 2.45) is 0 Å². The Hall–Kier alpha value is -2.91. The van der Waals surface area contributed by atoms with Crippen molar-refractivity contribution in [3.8, 4) is 11.5 Å². The van der Waals surface area contributed by atoms with Crippen LogP contribution in [0.3, 0.4) is 0 Å². The van der Waals surface area contributed by atoms with Crippen molar-refractivity contribution >= 4 is 17.5 Å². The lowest BCUT2D eigenvalue weighted by molar-refractivity contribution is 0.0383. The maximum atomic E-state index is 12.4. The van der Waals surface area contributed by atoms with Crippen molar-refractivity contribution in [3.63, 3.8) is 0 Å². The number of nitrogens with zero attached hydrogens (tertiary/aromatic N) is 3. The molecule has 0 radical (unpaired) electrons. The van der Waals surface area contributed by atoms with Crippen LogP contribution in [0, 0.1) is 0 Å². The van der Waals surface area contributed by atoms with Crippen molar-refractivity contribution in [2.45, 2.75) is 0 Å². The van der Waals surface area contributed by atoms with Gasteiger partial charge < -0.3 is 24.8 Å². The molecule has 0 aliphatic carbocycles. The van der Waals surface area contributed by atoms with Crippen LogP contribution >= 0.6 is 0 Å². The number of methoxy groups -OCH3 is 2. The van der Waals surface area contributed by atoms with Gasteiger partial charge in [0.15, 0.2) is 0 Å². The predicted octanol–water partition coefficient (Wildman–Crippen LogP) is 1.30. The van der Waals surface area contributed by atoms with Gasteiger partial charge in [0.2, 0.25) is 5.95 Å². The van der Waals surface area contributed by atoms with Crippen molar-refractivity contribution in [1.82, 2.24) is 20.2 Å². The van der Waals surface area contributed by atoms with Gasteiger partial charge in [0.05, 0.1) is 33.1 Å². The fourth-order valence-electron chi connectivity index (χ4n) is 2.81. The van der Waals surface area contributed by atoms with Crippen molar-refractivity contribution in [3.05, 3.63) is 36.2 Å². The highest BCUT2D eigenvalue weighted by Gasteiger charge is 2.13. The van der Waals surface area contributed by atoms with Crippen LogP contribution in [0.15, 0.2) is 30.5 Å². The predicted molar refractivity (Wildman–Crippen MR) is 104 cm³/mol. The van der Waals surface area contributed by atoms with Gasteiger partial charge in [-0.05, 0) is 18.2 Å². The average Bonchev–Trinajstić information content (AvgIpc) is 2.75. The molecule has 1 saturated heterocycles. The van der Waals surface area contributed by atoms with E-state index in [-0.39, 0.29) is 5.91 Å². The molecule has 9 heteroatoms. The Kier molecular flexibility index (Phi) is 6.99. The number of benzene rings is 1. The summed E-state index contributed by atoms with van der Waals surface area (Å²) in [5, 5.41) is 5.97. The van der Waals surface area contributed by atoms with Gasteiger partial charge in [-0.2, -0.15) is 0 Å². The third kappa shape index (κ3) is 5.30. The summed E-state index contributed by atoms with van der Waals surface area (Å²) in [7, 11) is 3.16.